The lowest BCUT2D eigenvalue weighted by molar-refractivity contribution is 0.0820. The largest absolute Gasteiger partial charge is 0.380 e. The van der Waals surface area contributed by atoms with Crippen molar-refractivity contribution in [3.8, 4) is 0 Å². The van der Waals surface area contributed by atoms with Crippen LogP contribution in [0.1, 0.15) is 33.1 Å². The Morgan fingerprint density at radius 1 is 1.45 bits per heavy atom. The topological polar surface area (TPSA) is 21.3 Å². The number of ether oxygens (including phenoxy) is 1. The quantitative estimate of drug-likeness (QED) is 0.638. The molecule has 2 nitrogen and oxygen atoms in total. The second-order valence-electron chi connectivity index (χ2n) is 2.98. The third-order valence-electron chi connectivity index (χ3n) is 2.18. The molecule has 0 spiro atoms. The first-order valence-electron chi connectivity index (χ1n) is 4.46. The highest BCUT2D eigenvalue weighted by Gasteiger charge is 2.12. The van der Waals surface area contributed by atoms with Gasteiger partial charge in [0.1, 0.15) is 0 Å². The number of hydrogen-bond donors (Lipinski definition) is 1. The zero-order valence-electron chi connectivity index (χ0n) is 8.18. The van der Waals surface area contributed by atoms with E-state index in [0.29, 0.717) is 12.1 Å². The van der Waals surface area contributed by atoms with Gasteiger partial charge in [0, 0.05) is 13.2 Å². The molecule has 0 rings (SSSR count). The molecule has 0 aliphatic carbocycles. The molecular formula is C9H21NO. The number of unbranched alkanes of at least 4 members (excludes halogenated alkanes) is 1. The Hall–Kier alpha value is -0.0800. The summed E-state index contributed by atoms with van der Waals surface area (Å²) < 4.78 is 5.24. The van der Waals surface area contributed by atoms with Gasteiger partial charge in [0.05, 0.1) is 6.10 Å². The summed E-state index contributed by atoms with van der Waals surface area (Å²) >= 11 is 0. The van der Waals surface area contributed by atoms with Gasteiger partial charge in [-0.15, -0.1) is 0 Å². The smallest absolute Gasteiger partial charge is 0.0696 e. The van der Waals surface area contributed by atoms with Gasteiger partial charge >= 0.3 is 0 Å². The van der Waals surface area contributed by atoms with Crippen LogP contribution in [0, 0.1) is 0 Å². The fraction of sp³-hybridized carbons (Fsp3) is 1.00. The van der Waals surface area contributed by atoms with Crippen LogP contribution in [-0.2, 0) is 4.74 Å². The van der Waals surface area contributed by atoms with Gasteiger partial charge in [-0.25, -0.2) is 0 Å². The van der Waals surface area contributed by atoms with Gasteiger partial charge < -0.3 is 10.1 Å². The van der Waals surface area contributed by atoms with E-state index in [9.17, 15) is 0 Å². The number of likely N-dealkylation sites (N-methyl/N-ethyl adjacent to an activating group) is 1. The standard InChI is InChI=1S/C9H21NO/c1-5-6-7-9(10-3)8(2)11-4/h8-10H,5-7H2,1-4H3. The Balaban J connectivity index is 3.56. The third kappa shape index (κ3) is 4.38. The Morgan fingerprint density at radius 2 is 2.09 bits per heavy atom. The van der Waals surface area contributed by atoms with Crippen LogP contribution >= 0.6 is 0 Å². The predicted octanol–water partition coefficient (Wildman–Crippen LogP) is 1.80. The van der Waals surface area contributed by atoms with Crippen molar-refractivity contribution < 1.29 is 4.74 Å². The van der Waals surface area contributed by atoms with Gasteiger partial charge in [-0.1, -0.05) is 19.8 Å². The van der Waals surface area contributed by atoms with Crippen molar-refractivity contribution in [2.75, 3.05) is 14.2 Å². The summed E-state index contributed by atoms with van der Waals surface area (Å²) in [5, 5.41) is 3.26. The summed E-state index contributed by atoms with van der Waals surface area (Å²) in [7, 11) is 3.76. The molecule has 0 aromatic heterocycles. The van der Waals surface area contributed by atoms with Crippen molar-refractivity contribution in [3.63, 3.8) is 0 Å². The molecule has 0 bridgehead atoms. The van der Waals surface area contributed by atoms with Crippen LogP contribution in [0.3, 0.4) is 0 Å². The average Bonchev–Trinajstić information content (AvgIpc) is 2.05. The van der Waals surface area contributed by atoms with Gasteiger partial charge in [-0.05, 0) is 20.4 Å². The first kappa shape index (κ1) is 10.9. The SMILES string of the molecule is CCCCC(NC)C(C)OC. The van der Waals surface area contributed by atoms with Gasteiger partial charge in [0.25, 0.3) is 0 Å². The van der Waals surface area contributed by atoms with E-state index in [0.717, 1.165) is 0 Å². The molecule has 0 heterocycles. The summed E-state index contributed by atoms with van der Waals surface area (Å²) in [6.07, 6.45) is 4.07. The molecule has 0 amide bonds. The second kappa shape index (κ2) is 6.62. The molecule has 11 heavy (non-hydrogen) atoms. The van der Waals surface area contributed by atoms with Crippen molar-refractivity contribution in [1.29, 1.82) is 0 Å². The zero-order chi connectivity index (χ0) is 8.69. The van der Waals surface area contributed by atoms with Crippen molar-refractivity contribution in [2.24, 2.45) is 0 Å². The first-order valence-corrected chi connectivity index (χ1v) is 4.46. The van der Waals surface area contributed by atoms with Crippen molar-refractivity contribution in [3.05, 3.63) is 0 Å². The summed E-state index contributed by atoms with van der Waals surface area (Å²) in [5.41, 5.74) is 0. The molecule has 1 N–H and O–H groups in total. The zero-order valence-corrected chi connectivity index (χ0v) is 8.18. The molecule has 2 unspecified atom stereocenters. The van der Waals surface area contributed by atoms with Crippen LogP contribution in [0.4, 0.5) is 0 Å². The summed E-state index contributed by atoms with van der Waals surface area (Å²) in [6, 6.07) is 0.514. The molecule has 68 valence electrons. The Kier molecular flexibility index (Phi) is 6.57. The molecular weight excluding hydrogens is 138 g/mol. The molecule has 0 aliphatic rings. The van der Waals surface area contributed by atoms with Crippen LogP contribution in [0.25, 0.3) is 0 Å². The van der Waals surface area contributed by atoms with E-state index in [1.807, 2.05) is 7.05 Å². The van der Waals surface area contributed by atoms with E-state index < -0.39 is 0 Å². The van der Waals surface area contributed by atoms with E-state index >= 15 is 0 Å². The number of methoxy groups -OCH3 is 1. The summed E-state index contributed by atoms with van der Waals surface area (Å²) in [6.45, 7) is 4.32. The molecule has 0 saturated heterocycles. The molecule has 0 radical (unpaired) electrons. The van der Waals surface area contributed by atoms with E-state index in [-0.39, 0.29) is 0 Å². The number of hydrogen-bond acceptors (Lipinski definition) is 2. The Labute approximate surface area is 70.3 Å². The second-order valence-corrected chi connectivity index (χ2v) is 2.98. The molecule has 0 saturated carbocycles. The van der Waals surface area contributed by atoms with Gasteiger partial charge in [-0.2, -0.15) is 0 Å². The van der Waals surface area contributed by atoms with E-state index in [1.165, 1.54) is 19.3 Å². The van der Waals surface area contributed by atoms with Crippen molar-refractivity contribution >= 4 is 0 Å². The van der Waals surface area contributed by atoms with E-state index in [4.69, 9.17) is 4.74 Å². The first-order chi connectivity index (χ1) is 5.26. The highest BCUT2D eigenvalue weighted by molar-refractivity contribution is 4.70. The molecule has 0 aromatic rings. The van der Waals surface area contributed by atoms with Gasteiger partial charge in [0.15, 0.2) is 0 Å². The van der Waals surface area contributed by atoms with Gasteiger partial charge in [0.2, 0.25) is 0 Å². The maximum absolute atomic E-state index is 5.24. The van der Waals surface area contributed by atoms with E-state index in [2.05, 4.69) is 19.2 Å². The Morgan fingerprint density at radius 3 is 2.45 bits per heavy atom. The predicted molar refractivity (Wildman–Crippen MR) is 48.8 cm³/mol. The lowest BCUT2D eigenvalue weighted by Crippen LogP contribution is -2.36. The fourth-order valence-electron chi connectivity index (χ4n) is 1.20. The molecule has 2 atom stereocenters. The van der Waals surface area contributed by atoms with Crippen LogP contribution in [-0.4, -0.2) is 26.3 Å². The normalized spacial score (nSPS) is 16.4. The average molecular weight is 159 g/mol. The molecule has 0 aliphatic heterocycles. The lowest BCUT2D eigenvalue weighted by atomic mass is 10.1. The van der Waals surface area contributed by atoms with Crippen LogP contribution in [0.15, 0.2) is 0 Å². The van der Waals surface area contributed by atoms with Crippen LogP contribution < -0.4 is 5.32 Å². The summed E-state index contributed by atoms with van der Waals surface area (Å²) in [4.78, 5) is 0. The highest BCUT2D eigenvalue weighted by Crippen LogP contribution is 2.06. The van der Waals surface area contributed by atoms with Gasteiger partial charge in [-0.3, -0.25) is 0 Å². The highest BCUT2D eigenvalue weighted by atomic mass is 16.5. The molecule has 0 aromatic carbocycles. The van der Waals surface area contributed by atoms with Crippen LogP contribution in [0.5, 0.6) is 0 Å². The maximum atomic E-state index is 5.24. The van der Waals surface area contributed by atoms with E-state index in [1.54, 1.807) is 7.11 Å². The third-order valence-corrected chi connectivity index (χ3v) is 2.18. The van der Waals surface area contributed by atoms with Crippen molar-refractivity contribution in [2.45, 2.75) is 45.3 Å². The maximum Gasteiger partial charge on any atom is 0.0696 e. The minimum Gasteiger partial charge on any atom is -0.380 e. The Bertz CT molecular complexity index is 85.6. The summed E-state index contributed by atoms with van der Waals surface area (Å²) in [5.74, 6) is 0. The lowest BCUT2D eigenvalue weighted by Gasteiger charge is -2.21. The number of nitrogens with one attached hydrogen (secondary N) is 1. The number of rotatable bonds is 6. The minimum atomic E-state index is 0.326. The molecule has 2 heteroatoms. The monoisotopic (exact) mass is 159 g/mol. The van der Waals surface area contributed by atoms with Crippen LogP contribution in [0.2, 0.25) is 0 Å². The van der Waals surface area contributed by atoms with Crippen molar-refractivity contribution in [1.82, 2.24) is 5.32 Å². The molecule has 0 fully saturated rings. The minimum absolute atomic E-state index is 0.326. The fourth-order valence-corrected chi connectivity index (χ4v) is 1.20.